The highest BCUT2D eigenvalue weighted by molar-refractivity contribution is 7.80. The summed E-state index contributed by atoms with van der Waals surface area (Å²) in [7, 11) is 2.26. The van der Waals surface area contributed by atoms with Crippen LogP contribution >= 0.6 is 12.2 Å². The minimum atomic E-state index is 0.659. The summed E-state index contributed by atoms with van der Waals surface area (Å²) < 4.78 is 0. The third kappa shape index (κ3) is 4.92. The smallest absolute Gasteiger partial charge is 0.173 e. The van der Waals surface area contributed by atoms with Gasteiger partial charge in [0, 0.05) is 30.9 Å². The molecule has 1 atom stereocenters. The summed E-state index contributed by atoms with van der Waals surface area (Å²) in [6, 6.07) is 7.84. The number of nitrogens with one attached hydrogen (secondary N) is 1. The lowest BCUT2D eigenvalue weighted by Crippen LogP contribution is -2.48. The fourth-order valence-corrected chi connectivity index (χ4v) is 3.67. The molecule has 0 amide bonds. The summed E-state index contributed by atoms with van der Waals surface area (Å²) in [6.07, 6.45) is 3.59. The molecule has 3 nitrogen and oxygen atoms in total. The van der Waals surface area contributed by atoms with E-state index in [0.717, 1.165) is 23.9 Å². The minimum absolute atomic E-state index is 0.659. The Bertz CT molecular complexity index is 515. The van der Waals surface area contributed by atoms with Crippen molar-refractivity contribution in [1.82, 2.24) is 9.80 Å². The van der Waals surface area contributed by atoms with E-state index in [1.165, 1.54) is 30.4 Å². The van der Waals surface area contributed by atoms with E-state index in [1.54, 1.807) is 0 Å². The Labute approximate surface area is 147 Å². The molecule has 23 heavy (non-hydrogen) atoms. The van der Waals surface area contributed by atoms with Gasteiger partial charge in [-0.05, 0) is 82.6 Å². The second-order valence-electron chi connectivity index (χ2n) is 6.95. The van der Waals surface area contributed by atoms with Crippen LogP contribution in [0.4, 0.5) is 5.69 Å². The van der Waals surface area contributed by atoms with E-state index in [9.17, 15) is 0 Å². The molecule has 1 saturated heterocycles. The Hall–Kier alpha value is -1.13. The number of thiocarbonyl (C=S) groups is 1. The molecule has 0 aliphatic carbocycles. The molecule has 2 rings (SSSR count). The van der Waals surface area contributed by atoms with Gasteiger partial charge in [-0.2, -0.15) is 0 Å². The molecule has 128 valence electrons. The number of aryl methyl sites for hydroxylation is 2. The first kappa shape index (κ1) is 18.2. The molecule has 4 heteroatoms. The number of benzene rings is 1. The van der Waals surface area contributed by atoms with E-state index in [0.29, 0.717) is 12.1 Å². The van der Waals surface area contributed by atoms with Crippen molar-refractivity contribution in [2.45, 2.75) is 59.0 Å². The lowest BCUT2D eigenvalue weighted by atomic mass is 10.0. The molecular weight excluding hydrogens is 302 g/mol. The molecule has 1 heterocycles. The van der Waals surface area contributed by atoms with Crippen LogP contribution in [0, 0.1) is 13.8 Å². The molecule has 1 fully saturated rings. The third-order valence-electron chi connectivity index (χ3n) is 5.09. The SMILES string of the molecule is CCC(C)N(C)C1CCN(C(=S)Nc2cc(C)cc(C)c2)CC1. The predicted octanol–water partition coefficient (Wildman–Crippen LogP) is 4.19. The number of likely N-dealkylation sites (tertiary alicyclic amines) is 1. The Balaban J connectivity index is 1.88. The van der Waals surface area contributed by atoms with Gasteiger partial charge in [-0.25, -0.2) is 0 Å². The minimum Gasteiger partial charge on any atom is -0.349 e. The Morgan fingerprint density at radius 3 is 2.35 bits per heavy atom. The lowest BCUT2D eigenvalue weighted by molar-refractivity contribution is 0.126. The average molecular weight is 334 g/mol. The highest BCUT2D eigenvalue weighted by Gasteiger charge is 2.25. The zero-order valence-electron chi connectivity index (χ0n) is 15.2. The van der Waals surface area contributed by atoms with Crippen LogP contribution in [-0.4, -0.2) is 47.1 Å². The number of hydrogen-bond acceptors (Lipinski definition) is 2. The van der Waals surface area contributed by atoms with Gasteiger partial charge < -0.3 is 15.1 Å². The van der Waals surface area contributed by atoms with Crippen molar-refractivity contribution in [1.29, 1.82) is 0 Å². The van der Waals surface area contributed by atoms with Crippen LogP contribution in [-0.2, 0) is 0 Å². The van der Waals surface area contributed by atoms with Gasteiger partial charge in [0.15, 0.2) is 5.11 Å². The highest BCUT2D eigenvalue weighted by atomic mass is 32.1. The van der Waals surface area contributed by atoms with Gasteiger partial charge in [-0.3, -0.25) is 0 Å². The van der Waals surface area contributed by atoms with Crippen LogP contribution in [0.3, 0.4) is 0 Å². The normalized spacial score (nSPS) is 17.4. The van der Waals surface area contributed by atoms with Gasteiger partial charge in [0.25, 0.3) is 0 Å². The van der Waals surface area contributed by atoms with E-state index in [-0.39, 0.29) is 0 Å². The average Bonchev–Trinajstić information content (AvgIpc) is 2.52. The molecule has 1 aliphatic rings. The van der Waals surface area contributed by atoms with Crippen molar-refractivity contribution in [2.75, 3.05) is 25.5 Å². The summed E-state index contributed by atoms with van der Waals surface area (Å²) in [4.78, 5) is 4.85. The van der Waals surface area contributed by atoms with Crippen LogP contribution in [0.25, 0.3) is 0 Å². The van der Waals surface area contributed by atoms with Gasteiger partial charge in [-0.15, -0.1) is 0 Å². The first-order chi connectivity index (χ1) is 10.9. The Morgan fingerprint density at radius 1 is 1.26 bits per heavy atom. The molecule has 1 aromatic rings. The van der Waals surface area contributed by atoms with Crippen LogP contribution in [0.15, 0.2) is 18.2 Å². The van der Waals surface area contributed by atoms with E-state index >= 15 is 0 Å². The molecule has 0 bridgehead atoms. The monoisotopic (exact) mass is 333 g/mol. The first-order valence-electron chi connectivity index (χ1n) is 8.77. The zero-order valence-corrected chi connectivity index (χ0v) is 16.0. The van der Waals surface area contributed by atoms with Crippen molar-refractivity contribution >= 4 is 23.0 Å². The molecule has 0 aromatic heterocycles. The largest absolute Gasteiger partial charge is 0.349 e. The lowest BCUT2D eigenvalue weighted by Gasteiger charge is -2.40. The molecule has 1 aromatic carbocycles. The summed E-state index contributed by atoms with van der Waals surface area (Å²) >= 11 is 5.62. The van der Waals surface area contributed by atoms with E-state index < -0.39 is 0 Å². The summed E-state index contributed by atoms with van der Waals surface area (Å²) in [6.45, 7) is 10.9. The number of nitrogens with zero attached hydrogens (tertiary/aromatic N) is 2. The van der Waals surface area contributed by atoms with E-state index in [4.69, 9.17) is 12.2 Å². The molecular formula is C19H31N3S. The van der Waals surface area contributed by atoms with Crippen molar-refractivity contribution in [3.63, 3.8) is 0 Å². The summed E-state index contributed by atoms with van der Waals surface area (Å²) in [5, 5.41) is 4.28. The molecule has 1 unspecified atom stereocenters. The fourth-order valence-electron chi connectivity index (χ4n) is 3.37. The molecule has 0 radical (unpaired) electrons. The second-order valence-corrected chi connectivity index (χ2v) is 7.33. The van der Waals surface area contributed by atoms with Crippen molar-refractivity contribution < 1.29 is 0 Å². The highest BCUT2D eigenvalue weighted by Crippen LogP contribution is 2.20. The summed E-state index contributed by atoms with van der Waals surface area (Å²) in [5.41, 5.74) is 3.64. The Kier molecular flexibility index (Phi) is 6.42. The van der Waals surface area contributed by atoms with Crippen molar-refractivity contribution in [3.05, 3.63) is 29.3 Å². The van der Waals surface area contributed by atoms with Gasteiger partial charge in [-0.1, -0.05) is 13.0 Å². The van der Waals surface area contributed by atoms with Crippen LogP contribution in [0.1, 0.15) is 44.2 Å². The van der Waals surface area contributed by atoms with Crippen LogP contribution in [0.5, 0.6) is 0 Å². The van der Waals surface area contributed by atoms with Gasteiger partial charge in [0.05, 0.1) is 0 Å². The number of anilines is 1. The predicted molar refractivity (Wildman–Crippen MR) is 104 cm³/mol. The number of hydrogen-bond donors (Lipinski definition) is 1. The maximum atomic E-state index is 5.62. The van der Waals surface area contributed by atoms with Crippen molar-refractivity contribution in [3.8, 4) is 0 Å². The Morgan fingerprint density at radius 2 is 1.83 bits per heavy atom. The second kappa shape index (κ2) is 8.11. The molecule has 0 spiro atoms. The molecule has 0 saturated carbocycles. The molecule has 1 N–H and O–H groups in total. The first-order valence-corrected chi connectivity index (χ1v) is 9.17. The maximum absolute atomic E-state index is 5.62. The molecule has 1 aliphatic heterocycles. The van der Waals surface area contributed by atoms with Gasteiger partial charge in [0.1, 0.15) is 0 Å². The number of piperidine rings is 1. The van der Waals surface area contributed by atoms with E-state index in [2.05, 4.69) is 68.1 Å². The van der Waals surface area contributed by atoms with Gasteiger partial charge >= 0.3 is 0 Å². The topological polar surface area (TPSA) is 18.5 Å². The zero-order chi connectivity index (χ0) is 17.0. The number of rotatable bonds is 4. The quantitative estimate of drug-likeness (QED) is 0.832. The van der Waals surface area contributed by atoms with Crippen LogP contribution < -0.4 is 5.32 Å². The van der Waals surface area contributed by atoms with Gasteiger partial charge in [0.2, 0.25) is 0 Å². The summed E-state index contributed by atoms with van der Waals surface area (Å²) in [5.74, 6) is 0. The van der Waals surface area contributed by atoms with E-state index in [1.807, 2.05) is 0 Å². The third-order valence-corrected chi connectivity index (χ3v) is 5.45. The van der Waals surface area contributed by atoms with Crippen LogP contribution in [0.2, 0.25) is 0 Å². The van der Waals surface area contributed by atoms with Crippen molar-refractivity contribution in [2.24, 2.45) is 0 Å². The fraction of sp³-hybridized carbons (Fsp3) is 0.632. The standard InChI is InChI=1S/C19H31N3S/c1-6-16(4)21(5)18-7-9-22(10-8-18)19(23)20-17-12-14(2)11-15(3)13-17/h11-13,16,18H,6-10H2,1-5H3,(H,20,23). The maximum Gasteiger partial charge on any atom is 0.173 e.